The van der Waals surface area contributed by atoms with Gasteiger partial charge in [0.2, 0.25) is 0 Å². The van der Waals surface area contributed by atoms with E-state index in [2.05, 4.69) is 41.5 Å². The Morgan fingerprint density at radius 1 is 0.714 bits per heavy atom. The molecule has 4 aliphatic carbocycles. The third kappa shape index (κ3) is 3.05. The molecule has 0 aromatic heterocycles. The van der Waals surface area contributed by atoms with Crippen LogP contribution in [-0.4, -0.2) is 0 Å². The van der Waals surface area contributed by atoms with Crippen LogP contribution in [-0.2, 0) is 0 Å². The Hall–Kier alpha value is 0. The normalized spacial score (nSPS) is 49.9. The summed E-state index contributed by atoms with van der Waals surface area (Å²) in [7, 11) is 0. The molecule has 7 unspecified atom stereocenters. The van der Waals surface area contributed by atoms with Gasteiger partial charge in [0, 0.05) is 0 Å². The Balaban J connectivity index is 1.63. The van der Waals surface area contributed by atoms with E-state index in [1.807, 2.05) is 0 Å². The molecule has 28 heavy (non-hydrogen) atoms. The number of hydrogen-bond acceptors (Lipinski definition) is 0. The van der Waals surface area contributed by atoms with Crippen molar-refractivity contribution in [3.8, 4) is 0 Å². The van der Waals surface area contributed by atoms with Crippen molar-refractivity contribution in [2.24, 2.45) is 45.3 Å². The van der Waals surface area contributed by atoms with Crippen LogP contribution in [0.2, 0.25) is 0 Å². The first-order valence-electron chi connectivity index (χ1n) is 13.2. The summed E-state index contributed by atoms with van der Waals surface area (Å²) < 4.78 is 0. The molecule has 0 aliphatic heterocycles. The second-order valence-electron chi connectivity index (χ2n) is 12.9. The van der Waals surface area contributed by atoms with E-state index in [1.165, 1.54) is 57.8 Å². The quantitative estimate of drug-likeness (QED) is 0.427. The lowest BCUT2D eigenvalue weighted by Crippen LogP contribution is -2.58. The van der Waals surface area contributed by atoms with Crippen molar-refractivity contribution < 1.29 is 0 Å². The molecule has 0 heteroatoms. The van der Waals surface area contributed by atoms with E-state index in [9.17, 15) is 0 Å². The minimum Gasteiger partial charge on any atom is -0.0654 e. The highest BCUT2D eigenvalue weighted by atomic mass is 14.7. The van der Waals surface area contributed by atoms with E-state index < -0.39 is 0 Å². The van der Waals surface area contributed by atoms with Crippen LogP contribution in [0.1, 0.15) is 131 Å². The van der Waals surface area contributed by atoms with Gasteiger partial charge in [0.15, 0.2) is 0 Å². The molecule has 0 amide bonds. The molecule has 0 N–H and O–H groups in total. The second-order valence-corrected chi connectivity index (χ2v) is 12.9. The SMILES string of the molecule is CCCCC1(C)CCC2C3CCCC(C4(C)CC4)C3(C)CCC2C1(C)CCC. The maximum Gasteiger partial charge on any atom is -0.0241 e. The molecule has 4 rings (SSSR count). The predicted octanol–water partition coefficient (Wildman–Crippen LogP) is 9.03. The van der Waals surface area contributed by atoms with Gasteiger partial charge in [-0.25, -0.2) is 0 Å². The van der Waals surface area contributed by atoms with Crippen LogP contribution in [0, 0.1) is 45.3 Å². The van der Waals surface area contributed by atoms with Gasteiger partial charge in [0.1, 0.15) is 0 Å². The molecular weight excluding hydrogens is 336 g/mol. The van der Waals surface area contributed by atoms with Gasteiger partial charge in [-0.05, 0) is 110 Å². The summed E-state index contributed by atoms with van der Waals surface area (Å²) in [5, 5.41) is 0. The minimum absolute atomic E-state index is 0.581. The Morgan fingerprint density at radius 2 is 1.46 bits per heavy atom. The molecule has 0 spiro atoms. The topological polar surface area (TPSA) is 0 Å². The van der Waals surface area contributed by atoms with Crippen LogP contribution in [0.15, 0.2) is 0 Å². The summed E-state index contributed by atoms with van der Waals surface area (Å²) in [6, 6.07) is 0. The lowest BCUT2D eigenvalue weighted by molar-refractivity contribution is -0.170. The third-order valence-corrected chi connectivity index (χ3v) is 11.6. The molecule has 0 saturated heterocycles. The fourth-order valence-electron chi connectivity index (χ4n) is 9.57. The van der Waals surface area contributed by atoms with Crippen LogP contribution < -0.4 is 0 Å². The number of fused-ring (bicyclic) bond motifs is 3. The van der Waals surface area contributed by atoms with Crippen molar-refractivity contribution in [1.29, 1.82) is 0 Å². The molecule has 4 aliphatic rings. The maximum atomic E-state index is 2.77. The maximum absolute atomic E-state index is 2.77. The molecule has 4 fully saturated rings. The van der Waals surface area contributed by atoms with Crippen molar-refractivity contribution in [2.45, 2.75) is 131 Å². The molecule has 7 atom stereocenters. The average Bonchev–Trinajstić information content (AvgIpc) is 3.41. The molecule has 0 radical (unpaired) electrons. The van der Waals surface area contributed by atoms with E-state index in [0.29, 0.717) is 16.2 Å². The highest BCUT2D eigenvalue weighted by Gasteiger charge is 2.63. The van der Waals surface area contributed by atoms with Crippen molar-refractivity contribution >= 4 is 0 Å². The third-order valence-electron chi connectivity index (χ3n) is 11.6. The largest absolute Gasteiger partial charge is 0.0654 e. The number of hydrogen-bond donors (Lipinski definition) is 0. The van der Waals surface area contributed by atoms with Crippen LogP contribution >= 0.6 is 0 Å². The Labute approximate surface area is 177 Å². The standard InChI is InChI=1S/C28H50/c1-7-9-16-26(4)17-13-21-22-11-10-12-24(25(3)19-20-25)27(22,5)18-14-23(21)28(26,6)15-8-2/h21-24H,7-20H2,1-6H3. The highest BCUT2D eigenvalue weighted by molar-refractivity contribution is 5.13. The lowest BCUT2D eigenvalue weighted by Gasteiger charge is -2.66. The van der Waals surface area contributed by atoms with Gasteiger partial charge in [0.25, 0.3) is 0 Å². The first kappa shape index (κ1) is 21.2. The van der Waals surface area contributed by atoms with E-state index in [0.717, 1.165) is 29.1 Å². The molecular formula is C28H50. The average molecular weight is 387 g/mol. The summed E-state index contributed by atoms with van der Waals surface area (Å²) in [6.07, 6.45) is 21.0. The number of unbranched alkanes of at least 4 members (excludes halogenated alkanes) is 1. The van der Waals surface area contributed by atoms with E-state index in [4.69, 9.17) is 0 Å². The summed E-state index contributed by atoms with van der Waals surface area (Å²) in [5.74, 6) is 4.11. The van der Waals surface area contributed by atoms with E-state index >= 15 is 0 Å². The fourth-order valence-corrected chi connectivity index (χ4v) is 9.57. The Bertz CT molecular complexity index is 558. The summed E-state index contributed by atoms with van der Waals surface area (Å²) in [6.45, 7) is 15.7. The zero-order valence-electron chi connectivity index (χ0n) is 20.2. The minimum atomic E-state index is 0.581. The van der Waals surface area contributed by atoms with Gasteiger partial charge < -0.3 is 0 Å². The monoisotopic (exact) mass is 386 g/mol. The van der Waals surface area contributed by atoms with Crippen molar-refractivity contribution in [2.75, 3.05) is 0 Å². The summed E-state index contributed by atoms with van der Waals surface area (Å²) in [4.78, 5) is 0. The van der Waals surface area contributed by atoms with Crippen LogP contribution in [0.3, 0.4) is 0 Å². The summed E-state index contributed by atoms with van der Waals surface area (Å²) in [5.41, 5.74) is 2.55. The zero-order valence-corrected chi connectivity index (χ0v) is 20.2. The molecule has 0 bridgehead atoms. The van der Waals surface area contributed by atoms with Gasteiger partial charge >= 0.3 is 0 Å². The fraction of sp³-hybridized carbons (Fsp3) is 1.00. The van der Waals surface area contributed by atoms with Gasteiger partial charge in [-0.15, -0.1) is 0 Å². The smallest absolute Gasteiger partial charge is 0.0241 e. The van der Waals surface area contributed by atoms with Crippen LogP contribution in [0.4, 0.5) is 0 Å². The molecule has 4 saturated carbocycles. The zero-order chi connectivity index (χ0) is 20.2. The van der Waals surface area contributed by atoms with Gasteiger partial charge in [-0.1, -0.05) is 67.2 Å². The molecule has 0 heterocycles. The highest BCUT2D eigenvalue weighted by Crippen LogP contribution is 2.72. The molecule has 0 aromatic carbocycles. The van der Waals surface area contributed by atoms with Gasteiger partial charge in [-0.3, -0.25) is 0 Å². The predicted molar refractivity (Wildman–Crippen MR) is 122 cm³/mol. The first-order valence-corrected chi connectivity index (χ1v) is 13.2. The molecule has 162 valence electrons. The van der Waals surface area contributed by atoms with Gasteiger partial charge in [0.05, 0.1) is 0 Å². The Kier molecular flexibility index (Phi) is 5.54. The van der Waals surface area contributed by atoms with Crippen molar-refractivity contribution in [3.05, 3.63) is 0 Å². The van der Waals surface area contributed by atoms with Crippen LogP contribution in [0.25, 0.3) is 0 Å². The van der Waals surface area contributed by atoms with Crippen molar-refractivity contribution in [3.63, 3.8) is 0 Å². The Morgan fingerprint density at radius 3 is 2.11 bits per heavy atom. The lowest BCUT2D eigenvalue weighted by atomic mass is 9.39. The van der Waals surface area contributed by atoms with E-state index in [-0.39, 0.29) is 0 Å². The molecule has 0 nitrogen and oxygen atoms in total. The second kappa shape index (κ2) is 7.30. The van der Waals surface area contributed by atoms with Gasteiger partial charge in [-0.2, -0.15) is 0 Å². The summed E-state index contributed by atoms with van der Waals surface area (Å²) >= 11 is 0. The van der Waals surface area contributed by atoms with Crippen molar-refractivity contribution in [1.82, 2.24) is 0 Å². The van der Waals surface area contributed by atoms with E-state index in [1.54, 1.807) is 32.1 Å². The first-order chi connectivity index (χ1) is 13.2. The number of rotatable bonds is 6. The van der Waals surface area contributed by atoms with Crippen LogP contribution in [0.5, 0.6) is 0 Å². The molecule has 0 aromatic rings.